The summed E-state index contributed by atoms with van der Waals surface area (Å²) < 4.78 is 12.6. The Bertz CT molecular complexity index is 1630. The standard InChI is InChI=1S/C32H34O4/c1-29(2)17-13-9-11-15-19(17)31(5,6)25-23(29)21-22(28(34)35-25)24-26(36-27(21)33)32(7,8)20-16-12-10-14-18(20)30(24,3)4/h9-17,19H,1-8H3. The Kier molecular flexibility index (Phi) is 4.39. The summed E-state index contributed by atoms with van der Waals surface area (Å²) in [5.41, 5.74) is 0.889. The van der Waals surface area contributed by atoms with Crippen molar-refractivity contribution < 1.29 is 8.83 Å². The van der Waals surface area contributed by atoms with Gasteiger partial charge < -0.3 is 8.83 Å². The number of benzene rings is 1. The second-order valence-corrected chi connectivity index (χ2v) is 13.0. The maximum atomic E-state index is 14.0. The molecule has 1 aromatic carbocycles. The zero-order chi connectivity index (χ0) is 26.0. The fourth-order valence-electron chi connectivity index (χ4n) is 7.51. The van der Waals surface area contributed by atoms with Gasteiger partial charge in [-0.3, -0.25) is 0 Å². The van der Waals surface area contributed by atoms with Crippen LogP contribution in [-0.2, 0) is 21.7 Å². The highest BCUT2D eigenvalue weighted by molar-refractivity contribution is 5.91. The van der Waals surface area contributed by atoms with E-state index < -0.39 is 32.9 Å². The first-order valence-corrected chi connectivity index (χ1v) is 12.9. The molecule has 0 saturated heterocycles. The van der Waals surface area contributed by atoms with Crippen LogP contribution < -0.4 is 11.3 Å². The number of fused-ring (bicyclic) bond motifs is 7. The Hall–Kier alpha value is -3.14. The maximum absolute atomic E-state index is 14.0. The average molecular weight is 483 g/mol. The van der Waals surface area contributed by atoms with Gasteiger partial charge in [0.05, 0.1) is 10.8 Å². The minimum absolute atomic E-state index is 0.150. The van der Waals surface area contributed by atoms with Gasteiger partial charge >= 0.3 is 11.3 Å². The van der Waals surface area contributed by atoms with Crippen molar-refractivity contribution in [3.05, 3.63) is 103 Å². The van der Waals surface area contributed by atoms with Crippen LogP contribution in [0.4, 0.5) is 0 Å². The summed E-state index contributed by atoms with van der Waals surface area (Å²) >= 11 is 0. The normalized spacial score (nSPS) is 25.6. The molecule has 0 radical (unpaired) electrons. The number of hydrogen-bond acceptors (Lipinski definition) is 4. The maximum Gasteiger partial charge on any atom is 0.344 e. The summed E-state index contributed by atoms with van der Waals surface area (Å²) in [5, 5.41) is 0.771. The van der Waals surface area contributed by atoms with Crippen LogP contribution in [0.3, 0.4) is 0 Å². The molecular weight excluding hydrogens is 448 g/mol. The first kappa shape index (κ1) is 23.3. The molecule has 4 nitrogen and oxygen atoms in total. The van der Waals surface area contributed by atoms with Crippen molar-refractivity contribution in [3.8, 4) is 0 Å². The molecule has 0 bridgehead atoms. The van der Waals surface area contributed by atoms with Crippen molar-refractivity contribution in [2.75, 3.05) is 0 Å². The van der Waals surface area contributed by atoms with Crippen LogP contribution in [0.2, 0.25) is 0 Å². The van der Waals surface area contributed by atoms with E-state index in [1.165, 1.54) is 0 Å². The predicted molar refractivity (Wildman–Crippen MR) is 143 cm³/mol. The molecule has 3 aromatic rings. The van der Waals surface area contributed by atoms with E-state index in [1.807, 2.05) is 12.1 Å². The smallest absolute Gasteiger partial charge is 0.344 e. The van der Waals surface area contributed by atoms with E-state index in [2.05, 4.69) is 91.8 Å². The molecule has 2 unspecified atom stereocenters. The molecule has 0 amide bonds. The summed E-state index contributed by atoms with van der Waals surface area (Å²) in [7, 11) is 0. The fraction of sp³-hybridized carbons (Fsp3) is 0.438. The largest absolute Gasteiger partial charge is 0.426 e. The van der Waals surface area contributed by atoms with Crippen LogP contribution in [0, 0.1) is 11.8 Å². The van der Waals surface area contributed by atoms with Crippen LogP contribution in [0.25, 0.3) is 10.8 Å². The van der Waals surface area contributed by atoms with Crippen molar-refractivity contribution in [3.63, 3.8) is 0 Å². The number of rotatable bonds is 0. The molecule has 2 aromatic heterocycles. The summed E-state index contributed by atoms with van der Waals surface area (Å²) in [6.45, 7) is 16.9. The van der Waals surface area contributed by atoms with Crippen molar-refractivity contribution in [2.45, 2.75) is 77.0 Å². The van der Waals surface area contributed by atoms with Crippen LogP contribution in [0.1, 0.15) is 89.2 Å². The lowest BCUT2D eigenvalue weighted by molar-refractivity contribution is 0.155. The fourth-order valence-corrected chi connectivity index (χ4v) is 7.51. The molecule has 3 aliphatic rings. The van der Waals surface area contributed by atoms with Gasteiger partial charge in [0.1, 0.15) is 11.5 Å². The van der Waals surface area contributed by atoms with Crippen LogP contribution in [-0.4, -0.2) is 0 Å². The molecule has 0 N–H and O–H groups in total. The van der Waals surface area contributed by atoms with E-state index in [1.54, 1.807) is 0 Å². The van der Waals surface area contributed by atoms with Gasteiger partial charge in [0.15, 0.2) is 0 Å². The minimum Gasteiger partial charge on any atom is -0.426 e. The topological polar surface area (TPSA) is 60.4 Å². The van der Waals surface area contributed by atoms with Gasteiger partial charge in [-0.1, -0.05) is 90.1 Å². The Morgan fingerprint density at radius 1 is 0.611 bits per heavy atom. The average Bonchev–Trinajstić information content (AvgIpc) is 2.82. The second kappa shape index (κ2) is 6.79. The molecule has 0 spiro atoms. The predicted octanol–water partition coefficient (Wildman–Crippen LogP) is 6.64. The van der Waals surface area contributed by atoms with E-state index in [0.717, 1.165) is 22.3 Å². The van der Waals surface area contributed by atoms with Gasteiger partial charge in [-0.2, -0.15) is 0 Å². The van der Waals surface area contributed by atoms with E-state index in [4.69, 9.17) is 8.83 Å². The monoisotopic (exact) mass is 482 g/mol. The highest BCUT2D eigenvalue weighted by atomic mass is 16.4. The third-order valence-electron chi connectivity index (χ3n) is 9.50. The van der Waals surface area contributed by atoms with E-state index >= 15 is 0 Å². The molecule has 36 heavy (non-hydrogen) atoms. The summed E-state index contributed by atoms with van der Waals surface area (Å²) in [5.74, 6) is 1.47. The summed E-state index contributed by atoms with van der Waals surface area (Å²) in [4.78, 5) is 27.9. The highest BCUT2D eigenvalue weighted by Gasteiger charge is 2.54. The van der Waals surface area contributed by atoms with Gasteiger partial charge in [-0.15, -0.1) is 0 Å². The Labute approximate surface area is 211 Å². The lowest BCUT2D eigenvalue weighted by Gasteiger charge is -2.51. The van der Waals surface area contributed by atoms with E-state index in [9.17, 15) is 9.59 Å². The highest BCUT2D eigenvalue weighted by Crippen LogP contribution is 2.57. The Morgan fingerprint density at radius 3 is 1.67 bits per heavy atom. The molecule has 0 aliphatic heterocycles. The molecule has 2 heterocycles. The molecule has 0 saturated carbocycles. The lowest BCUT2D eigenvalue weighted by atomic mass is 9.52. The van der Waals surface area contributed by atoms with Gasteiger partial charge in [0.2, 0.25) is 0 Å². The lowest BCUT2D eigenvalue weighted by Crippen LogP contribution is -2.49. The minimum atomic E-state index is -0.575. The van der Waals surface area contributed by atoms with Crippen LogP contribution in [0.5, 0.6) is 0 Å². The van der Waals surface area contributed by atoms with E-state index in [0.29, 0.717) is 22.3 Å². The molecule has 6 rings (SSSR count). The Balaban J connectivity index is 1.82. The van der Waals surface area contributed by atoms with Crippen molar-refractivity contribution in [1.29, 1.82) is 0 Å². The summed E-state index contributed by atoms with van der Waals surface area (Å²) in [6, 6.07) is 8.25. The van der Waals surface area contributed by atoms with Crippen LogP contribution in [0.15, 0.2) is 67.0 Å². The molecule has 2 atom stereocenters. The quantitative estimate of drug-likeness (QED) is 0.360. The second-order valence-electron chi connectivity index (χ2n) is 13.0. The van der Waals surface area contributed by atoms with Gasteiger partial charge in [-0.25, -0.2) is 9.59 Å². The van der Waals surface area contributed by atoms with Gasteiger partial charge in [0.25, 0.3) is 0 Å². The number of allylic oxidation sites excluding steroid dienone is 4. The first-order valence-electron chi connectivity index (χ1n) is 12.9. The van der Waals surface area contributed by atoms with Gasteiger partial charge in [0, 0.05) is 32.8 Å². The third-order valence-corrected chi connectivity index (χ3v) is 9.50. The SMILES string of the molecule is CC1(C)c2ccccc2C(C)(C)c2c1oc(=O)c1c3c(oc(=O)c21)C(C)(C)C1C=CC=CC1C3(C)C. The Morgan fingerprint density at radius 2 is 1.08 bits per heavy atom. The molecule has 186 valence electrons. The van der Waals surface area contributed by atoms with Crippen molar-refractivity contribution >= 4 is 10.8 Å². The third kappa shape index (κ3) is 2.60. The molecule has 4 heteroatoms. The zero-order valence-corrected chi connectivity index (χ0v) is 22.4. The molecular formula is C32H34O4. The zero-order valence-electron chi connectivity index (χ0n) is 22.4. The first-order chi connectivity index (χ1) is 16.7. The van der Waals surface area contributed by atoms with Crippen molar-refractivity contribution in [2.24, 2.45) is 11.8 Å². The van der Waals surface area contributed by atoms with Crippen LogP contribution >= 0.6 is 0 Å². The van der Waals surface area contributed by atoms with Crippen molar-refractivity contribution in [1.82, 2.24) is 0 Å². The van der Waals surface area contributed by atoms with E-state index in [-0.39, 0.29) is 11.8 Å². The molecule has 0 fully saturated rings. The molecule has 3 aliphatic carbocycles. The number of hydrogen-bond donors (Lipinski definition) is 0. The summed E-state index contributed by atoms with van der Waals surface area (Å²) in [6.07, 6.45) is 8.58. The van der Waals surface area contributed by atoms with Gasteiger partial charge in [-0.05, 0) is 36.8 Å².